The van der Waals surface area contributed by atoms with Crippen molar-refractivity contribution in [2.24, 2.45) is 5.92 Å². The van der Waals surface area contributed by atoms with Crippen LogP contribution in [-0.2, 0) is 4.74 Å². The Morgan fingerprint density at radius 3 is 2.83 bits per heavy atom. The lowest BCUT2D eigenvalue weighted by molar-refractivity contribution is -0.0384. The second-order valence-electron chi connectivity index (χ2n) is 5.01. The van der Waals surface area contributed by atoms with Crippen molar-refractivity contribution >= 4 is 0 Å². The summed E-state index contributed by atoms with van der Waals surface area (Å²) >= 11 is 0. The molecule has 0 aromatic heterocycles. The van der Waals surface area contributed by atoms with Crippen molar-refractivity contribution in [1.82, 2.24) is 5.32 Å². The van der Waals surface area contributed by atoms with Gasteiger partial charge in [0.1, 0.15) is 0 Å². The van der Waals surface area contributed by atoms with Gasteiger partial charge in [-0.15, -0.1) is 0 Å². The molecule has 0 amide bonds. The van der Waals surface area contributed by atoms with Crippen molar-refractivity contribution in [2.45, 2.75) is 12.3 Å². The molecule has 2 heterocycles. The van der Waals surface area contributed by atoms with E-state index in [2.05, 4.69) is 17.4 Å². The summed E-state index contributed by atoms with van der Waals surface area (Å²) in [5.41, 5.74) is 1.32. The van der Waals surface area contributed by atoms with Gasteiger partial charge < -0.3 is 19.5 Å². The predicted molar refractivity (Wildman–Crippen MR) is 68.2 cm³/mol. The standard InChI is InChI=1S/C14H19NO3/c1-15-6-12(4-10-7-16-8-10)11-2-3-13-14(5-11)18-9-17-13/h2-3,5,10,12,15H,4,6-9H2,1H3. The van der Waals surface area contributed by atoms with Gasteiger partial charge in [-0.05, 0) is 37.1 Å². The Labute approximate surface area is 107 Å². The minimum atomic E-state index is 0.339. The van der Waals surface area contributed by atoms with Crippen LogP contribution in [0.1, 0.15) is 17.9 Å². The molecule has 1 saturated heterocycles. The summed E-state index contributed by atoms with van der Waals surface area (Å²) in [5.74, 6) is 2.94. The maximum atomic E-state index is 5.45. The van der Waals surface area contributed by atoms with Crippen molar-refractivity contribution in [1.29, 1.82) is 0 Å². The highest BCUT2D eigenvalue weighted by atomic mass is 16.7. The van der Waals surface area contributed by atoms with Crippen LogP contribution in [0.25, 0.3) is 0 Å². The topological polar surface area (TPSA) is 39.7 Å². The van der Waals surface area contributed by atoms with Crippen molar-refractivity contribution in [3.8, 4) is 11.5 Å². The van der Waals surface area contributed by atoms with Crippen LogP contribution in [0.4, 0.5) is 0 Å². The first-order valence-corrected chi connectivity index (χ1v) is 6.48. The van der Waals surface area contributed by atoms with E-state index in [1.807, 2.05) is 13.1 Å². The number of benzene rings is 1. The van der Waals surface area contributed by atoms with Crippen LogP contribution in [0, 0.1) is 5.92 Å². The molecule has 4 nitrogen and oxygen atoms in total. The molecular formula is C14H19NO3. The monoisotopic (exact) mass is 249 g/mol. The van der Waals surface area contributed by atoms with E-state index in [4.69, 9.17) is 14.2 Å². The number of nitrogens with one attached hydrogen (secondary N) is 1. The van der Waals surface area contributed by atoms with E-state index in [-0.39, 0.29) is 0 Å². The van der Waals surface area contributed by atoms with E-state index in [9.17, 15) is 0 Å². The molecule has 0 aliphatic carbocycles. The summed E-state index contributed by atoms with van der Waals surface area (Å²) in [4.78, 5) is 0. The average Bonchev–Trinajstić information content (AvgIpc) is 2.79. The smallest absolute Gasteiger partial charge is 0.231 e. The van der Waals surface area contributed by atoms with Gasteiger partial charge in [0.2, 0.25) is 6.79 Å². The lowest BCUT2D eigenvalue weighted by atomic mass is 9.87. The summed E-state index contributed by atoms with van der Waals surface area (Å²) in [6.45, 7) is 3.14. The molecule has 0 saturated carbocycles. The number of ether oxygens (including phenoxy) is 3. The van der Waals surface area contributed by atoms with E-state index in [0.29, 0.717) is 18.6 Å². The second kappa shape index (κ2) is 5.16. The van der Waals surface area contributed by atoms with Crippen LogP contribution in [0.3, 0.4) is 0 Å². The number of fused-ring (bicyclic) bond motifs is 1. The fourth-order valence-electron chi connectivity index (χ4n) is 2.57. The number of hydrogen-bond acceptors (Lipinski definition) is 4. The molecule has 18 heavy (non-hydrogen) atoms. The Bertz CT molecular complexity index is 418. The normalized spacial score (nSPS) is 19.6. The van der Waals surface area contributed by atoms with Gasteiger partial charge in [0.05, 0.1) is 13.2 Å². The third-order valence-electron chi connectivity index (χ3n) is 3.64. The van der Waals surface area contributed by atoms with Gasteiger partial charge in [-0.2, -0.15) is 0 Å². The maximum Gasteiger partial charge on any atom is 0.231 e. The van der Waals surface area contributed by atoms with Crippen LogP contribution in [0.2, 0.25) is 0 Å². The maximum absolute atomic E-state index is 5.45. The van der Waals surface area contributed by atoms with E-state index < -0.39 is 0 Å². The Kier molecular flexibility index (Phi) is 3.39. The number of rotatable bonds is 5. The van der Waals surface area contributed by atoms with Crippen LogP contribution >= 0.6 is 0 Å². The lowest BCUT2D eigenvalue weighted by Crippen LogP contribution is -2.31. The van der Waals surface area contributed by atoms with Gasteiger partial charge in [0.15, 0.2) is 11.5 Å². The van der Waals surface area contributed by atoms with Gasteiger partial charge in [-0.25, -0.2) is 0 Å². The van der Waals surface area contributed by atoms with Gasteiger partial charge in [0, 0.05) is 12.5 Å². The highest BCUT2D eigenvalue weighted by molar-refractivity contribution is 5.45. The first kappa shape index (κ1) is 11.8. The highest BCUT2D eigenvalue weighted by Crippen LogP contribution is 2.36. The van der Waals surface area contributed by atoms with Crippen LogP contribution in [0.5, 0.6) is 11.5 Å². The van der Waals surface area contributed by atoms with Gasteiger partial charge in [0.25, 0.3) is 0 Å². The Morgan fingerprint density at radius 1 is 1.28 bits per heavy atom. The zero-order valence-corrected chi connectivity index (χ0v) is 10.6. The quantitative estimate of drug-likeness (QED) is 0.863. The number of likely N-dealkylation sites (N-methyl/N-ethyl adjacent to an activating group) is 1. The second-order valence-corrected chi connectivity index (χ2v) is 5.01. The van der Waals surface area contributed by atoms with Crippen molar-refractivity contribution in [3.05, 3.63) is 23.8 Å². The minimum absolute atomic E-state index is 0.339. The molecule has 0 radical (unpaired) electrons. The average molecular weight is 249 g/mol. The van der Waals surface area contributed by atoms with Crippen molar-refractivity contribution < 1.29 is 14.2 Å². The third kappa shape index (κ3) is 2.31. The first-order chi connectivity index (χ1) is 8.86. The molecule has 4 heteroatoms. The number of hydrogen-bond donors (Lipinski definition) is 1. The molecular weight excluding hydrogens is 230 g/mol. The summed E-state index contributed by atoms with van der Waals surface area (Å²) in [7, 11) is 2.00. The molecule has 1 atom stereocenters. The predicted octanol–water partition coefficient (Wildman–Crippen LogP) is 1.75. The van der Waals surface area contributed by atoms with Gasteiger partial charge in [-0.3, -0.25) is 0 Å². The van der Waals surface area contributed by atoms with E-state index in [1.165, 1.54) is 12.0 Å². The van der Waals surface area contributed by atoms with E-state index >= 15 is 0 Å². The molecule has 1 unspecified atom stereocenters. The minimum Gasteiger partial charge on any atom is -0.454 e. The summed E-state index contributed by atoms with van der Waals surface area (Å²) in [5, 5.41) is 3.27. The third-order valence-corrected chi connectivity index (χ3v) is 3.64. The SMILES string of the molecule is CNCC(CC1COC1)c1ccc2c(c1)OCO2. The molecule has 2 aliphatic heterocycles. The molecule has 0 spiro atoms. The summed E-state index contributed by atoms with van der Waals surface area (Å²) in [6, 6.07) is 6.27. The zero-order valence-electron chi connectivity index (χ0n) is 10.6. The van der Waals surface area contributed by atoms with Gasteiger partial charge in [-0.1, -0.05) is 6.07 Å². The summed E-state index contributed by atoms with van der Waals surface area (Å²) in [6.07, 6.45) is 1.17. The van der Waals surface area contributed by atoms with E-state index in [0.717, 1.165) is 31.3 Å². The van der Waals surface area contributed by atoms with Crippen LogP contribution in [0.15, 0.2) is 18.2 Å². The molecule has 1 fully saturated rings. The Morgan fingerprint density at radius 2 is 2.11 bits per heavy atom. The largest absolute Gasteiger partial charge is 0.454 e. The molecule has 98 valence electrons. The fraction of sp³-hybridized carbons (Fsp3) is 0.571. The molecule has 2 aliphatic rings. The zero-order chi connectivity index (χ0) is 12.4. The van der Waals surface area contributed by atoms with Crippen LogP contribution < -0.4 is 14.8 Å². The van der Waals surface area contributed by atoms with Gasteiger partial charge >= 0.3 is 0 Å². The summed E-state index contributed by atoms with van der Waals surface area (Å²) < 4.78 is 16.1. The van der Waals surface area contributed by atoms with E-state index in [1.54, 1.807) is 0 Å². The molecule has 3 rings (SSSR count). The Balaban J connectivity index is 1.75. The molecule has 1 aromatic rings. The fourth-order valence-corrected chi connectivity index (χ4v) is 2.57. The van der Waals surface area contributed by atoms with Crippen LogP contribution in [-0.4, -0.2) is 33.6 Å². The first-order valence-electron chi connectivity index (χ1n) is 6.48. The highest BCUT2D eigenvalue weighted by Gasteiger charge is 2.25. The molecule has 0 bridgehead atoms. The molecule has 1 aromatic carbocycles. The van der Waals surface area contributed by atoms with Crippen molar-refractivity contribution in [2.75, 3.05) is 33.6 Å². The lowest BCUT2D eigenvalue weighted by Gasteiger charge is -2.30. The molecule has 1 N–H and O–H groups in total. The Hall–Kier alpha value is -1.26. The van der Waals surface area contributed by atoms with Crippen molar-refractivity contribution in [3.63, 3.8) is 0 Å².